The molecule has 2 N–H and O–H groups in total. The highest BCUT2D eigenvalue weighted by molar-refractivity contribution is 14.0. The molecule has 4 unspecified atom stereocenters. The maximum atomic E-state index is 6.29. The molecule has 0 radical (unpaired) electrons. The molecule has 6 nitrogen and oxygen atoms in total. The molecule has 4 atom stereocenters. The fourth-order valence-electron chi connectivity index (χ4n) is 4.81. The Labute approximate surface area is 183 Å². The molecule has 0 bridgehead atoms. The minimum absolute atomic E-state index is 0. The third-order valence-electron chi connectivity index (χ3n) is 6.18. The van der Waals surface area contributed by atoms with Crippen molar-refractivity contribution in [2.75, 3.05) is 31.6 Å². The second kappa shape index (κ2) is 8.29. The first-order valence-corrected chi connectivity index (χ1v) is 9.85. The summed E-state index contributed by atoms with van der Waals surface area (Å²) < 4.78 is 5.89. The average molecular weight is 506 g/mol. The molecule has 4 rings (SSSR count). The standard InChI is InChI=1S/C19H28ClN5O.HI/c1-19(2)15(13-7-10-26-16(13)19)24-18(21-3)23-12-6-9-25(11-12)17-14(20)5-4-8-22-17;/h4-5,8,12-13,15-16H,6-7,9-11H2,1-3H3,(H2,21,23,24);1H. The maximum absolute atomic E-state index is 6.29. The van der Waals surface area contributed by atoms with Gasteiger partial charge in [0.15, 0.2) is 5.96 Å². The Morgan fingerprint density at radius 1 is 1.37 bits per heavy atom. The lowest BCUT2D eigenvalue weighted by Gasteiger charge is -2.55. The van der Waals surface area contributed by atoms with Gasteiger partial charge in [-0.2, -0.15) is 0 Å². The van der Waals surface area contributed by atoms with E-state index < -0.39 is 0 Å². The lowest BCUT2D eigenvalue weighted by atomic mass is 9.57. The second-order valence-electron chi connectivity index (χ2n) is 8.14. The number of aliphatic imine (C=N–C) groups is 1. The maximum Gasteiger partial charge on any atom is 0.191 e. The van der Waals surface area contributed by atoms with Crippen molar-refractivity contribution < 1.29 is 4.74 Å². The number of pyridine rings is 1. The average Bonchev–Trinajstić information content (AvgIpc) is 3.27. The predicted octanol–water partition coefficient (Wildman–Crippen LogP) is 2.91. The van der Waals surface area contributed by atoms with Gasteiger partial charge in [0, 0.05) is 56.4 Å². The van der Waals surface area contributed by atoms with Crippen LogP contribution < -0.4 is 15.5 Å². The summed E-state index contributed by atoms with van der Waals surface area (Å²) in [5.41, 5.74) is 0.141. The van der Waals surface area contributed by atoms with Gasteiger partial charge in [0.2, 0.25) is 0 Å². The SMILES string of the molecule is CN=C(NC1CCN(c2ncccc2Cl)C1)NC1C2CCOC2C1(C)C.I. The number of hydrogen-bond donors (Lipinski definition) is 2. The normalized spacial score (nSPS) is 31.7. The van der Waals surface area contributed by atoms with Crippen LogP contribution in [-0.4, -0.2) is 55.9 Å². The van der Waals surface area contributed by atoms with Gasteiger partial charge in [0.1, 0.15) is 5.82 Å². The van der Waals surface area contributed by atoms with Crippen LogP contribution >= 0.6 is 35.6 Å². The fourth-order valence-corrected chi connectivity index (χ4v) is 5.05. The van der Waals surface area contributed by atoms with Gasteiger partial charge in [-0.05, 0) is 25.0 Å². The molecule has 3 heterocycles. The third kappa shape index (κ3) is 3.87. The quantitative estimate of drug-likeness (QED) is 0.376. The molecule has 1 aromatic heterocycles. The molecule has 2 aliphatic heterocycles. The summed E-state index contributed by atoms with van der Waals surface area (Å²) in [5, 5.41) is 7.95. The van der Waals surface area contributed by atoms with Crippen molar-refractivity contribution in [2.24, 2.45) is 16.3 Å². The molecule has 0 amide bonds. The second-order valence-corrected chi connectivity index (χ2v) is 8.55. The molecule has 27 heavy (non-hydrogen) atoms. The van der Waals surface area contributed by atoms with Crippen molar-refractivity contribution in [1.29, 1.82) is 0 Å². The van der Waals surface area contributed by atoms with Crippen LogP contribution in [0.2, 0.25) is 5.02 Å². The van der Waals surface area contributed by atoms with E-state index in [1.807, 2.05) is 19.2 Å². The van der Waals surface area contributed by atoms with Crippen molar-refractivity contribution in [3.63, 3.8) is 0 Å². The molecule has 1 aliphatic carbocycles. The zero-order valence-corrected chi connectivity index (χ0v) is 19.2. The van der Waals surface area contributed by atoms with Crippen LogP contribution in [-0.2, 0) is 4.74 Å². The number of fused-ring (bicyclic) bond motifs is 1. The molecule has 8 heteroatoms. The summed E-state index contributed by atoms with van der Waals surface area (Å²) in [6.45, 7) is 7.26. The van der Waals surface area contributed by atoms with Gasteiger partial charge >= 0.3 is 0 Å². The van der Waals surface area contributed by atoms with Crippen LogP contribution in [0.15, 0.2) is 23.3 Å². The van der Waals surface area contributed by atoms with Crippen molar-refractivity contribution in [1.82, 2.24) is 15.6 Å². The number of nitrogens with zero attached hydrogens (tertiary/aromatic N) is 3. The summed E-state index contributed by atoms with van der Waals surface area (Å²) in [6.07, 6.45) is 4.35. The Balaban J connectivity index is 0.00000210. The number of guanidine groups is 1. The summed E-state index contributed by atoms with van der Waals surface area (Å²) >= 11 is 6.29. The van der Waals surface area contributed by atoms with E-state index in [2.05, 4.69) is 39.4 Å². The zero-order chi connectivity index (χ0) is 18.3. The summed E-state index contributed by atoms with van der Waals surface area (Å²) in [5.74, 6) is 2.34. The van der Waals surface area contributed by atoms with E-state index in [-0.39, 0.29) is 29.4 Å². The van der Waals surface area contributed by atoms with Gasteiger partial charge in [-0.3, -0.25) is 4.99 Å². The van der Waals surface area contributed by atoms with Gasteiger partial charge in [-0.15, -0.1) is 24.0 Å². The Morgan fingerprint density at radius 2 is 2.19 bits per heavy atom. The van der Waals surface area contributed by atoms with E-state index >= 15 is 0 Å². The van der Waals surface area contributed by atoms with Gasteiger partial charge in [0.05, 0.1) is 11.1 Å². The van der Waals surface area contributed by atoms with E-state index in [9.17, 15) is 0 Å². The van der Waals surface area contributed by atoms with Gasteiger partial charge in [-0.25, -0.2) is 4.98 Å². The molecule has 0 aromatic carbocycles. The van der Waals surface area contributed by atoms with Gasteiger partial charge in [0.25, 0.3) is 0 Å². The Bertz CT molecular complexity index is 700. The van der Waals surface area contributed by atoms with Gasteiger partial charge in [-0.1, -0.05) is 25.4 Å². The van der Waals surface area contributed by atoms with Crippen molar-refractivity contribution in [3.05, 3.63) is 23.4 Å². The summed E-state index contributed by atoms with van der Waals surface area (Å²) in [4.78, 5) is 11.1. The number of hydrogen-bond acceptors (Lipinski definition) is 4. The van der Waals surface area contributed by atoms with Crippen LogP contribution in [0.1, 0.15) is 26.7 Å². The molecule has 3 aliphatic rings. The van der Waals surface area contributed by atoms with E-state index in [4.69, 9.17) is 16.3 Å². The van der Waals surface area contributed by atoms with E-state index in [1.54, 1.807) is 6.20 Å². The summed E-state index contributed by atoms with van der Waals surface area (Å²) in [6, 6.07) is 4.50. The minimum Gasteiger partial charge on any atom is -0.377 e. The lowest BCUT2D eigenvalue weighted by Crippen LogP contribution is -2.68. The fraction of sp³-hybridized carbons (Fsp3) is 0.684. The molecule has 1 saturated carbocycles. The minimum atomic E-state index is 0. The monoisotopic (exact) mass is 505 g/mol. The van der Waals surface area contributed by atoms with Crippen molar-refractivity contribution >= 4 is 47.4 Å². The zero-order valence-electron chi connectivity index (χ0n) is 16.1. The molecule has 150 valence electrons. The number of anilines is 1. The van der Waals surface area contributed by atoms with E-state index in [1.165, 1.54) is 0 Å². The molecule has 1 aromatic rings. The lowest BCUT2D eigenvalue weighted by molar-refractivity contribution is -0.106. The first-order valence-electron chi connectivity index (χ1n) is 9.47. The molecule has 2 saturated heterocycles. The van der Waals surface area contributed by atoms with Gasteiger partial charge < -0.3 is 20.3 Å². The largest absolute Gasteiger partial charge is 0.377 e. The summed E-state index contributed by atoms with van der Waals surface area (Å²) in [7, 11) is 1.84. The first-order chi connectivity index (χ1) is 12.5. The first kappa shape index (κ1) is 20.9. The number of rotatable bonds is 3. The molecular formula is C19H29ClIN5O. The number of ether oxygens (including phenoxy) is 1. The highest BCUT2D eigenvalue weighted by Crippen LogP contribution is 2.52. The van der Waals surface area contributed by atoms with Crippen LogP contribution in [0.5, 0.6) is 0 Å². The molecular weight excluding hydrogens is 477 g/mol. The molecule has 0 spiro atoms. The number of aromatic nitrogens is 1. The Hall–Kier alpha value is -0.800. The third-order valence-corrected chi connectivity index (χ3v) is 6.48. The topological polar surface area (TPSA) is 61.8 Å². The number of nitrogens with one attached hydrogen (secondary N) is 2. The highest BCUT2D eigenvalue weighted by atomic mass is 127. The van der Waals surface area contributed by atoms with E-state index in [0.717, 1.165) is 44.3 Å². The smallest absolute Gasteiger partial charge is 0.191 e. The van der Waals surface area contributed by atoms with Crippen molar-refractivity contribution in [2.45, 2.75) is 44.9 Å². The molecule has 3 fully saturated rings. The highest BCUT2D eigenvalue weighted by Gasteiger charge is 2.59. The van der Waals surface area contributed by atoms with Crippen LogP contribution in [0.3, 0.4) is 0 Å². The van der Waals surface area contributed by atoms with E-state index in [0.29, 0.717) is 29.1 Å². The number of halogens is 2. The Morgan fingerprint density at radius 3 is 2.93 bits per heavy atom. The van der Waals surface area contributed by atoms with Crippen LogP contribution in [0, 0.1) is 11.3 Å². The Kier molecular flexibility index (Phi) is 6.42. The van der Waals surface area contributed by atoms with Crippen LogP contribution in [0.4, 0.5) is 5.82 Å². The van der Waals surface area contributed by atoms with Crippen molar-refractivity contribution in [3.8, 4) is 0 Å². The van der Waals surface area contributed by atoms with Crippen LogP contribution in [0.25, 0.3) is 0 Å². The predicted molar refractivity (Wildman–Crippen MR) is 120 cm³/mol.